The summed E-state index contributed by atoms with van der Waals surface area (Å²) in [6.07, 6.45) is 2.34. The number of fused-ring (bicyclic) bond motifs is 1. The molecule has 2 rings (SSSR count). The first kappa shape index (κ1) is 12.6. The first-order valence-electron chi connectivity index (χ1n) is 4.92. The minimum atomic E-state index is 0. The number of benzene rings is 1. The smallest absolute Gasteiger partial charge is 0.0329 e. The van der Waals surface area contributed by atoms with Gasteiger partial charge in [0.05, 0.1) is 0 Å². The van der Waals surface area contributed by atoms with Gasteiger partial charge in [-0.25, -0.2) is 0 Å². The number of halogens is 2. The zero-order valence-corrected chi connectivity index (χ0v) is 10.1. The number of hydrogen-bond donors (Lipinski definition) is 1. The molecule has 0 radical (unpaired) electrons. The molecular weight excluding hydrogens is 229 g/mol. The van der Waals surface area contributed by atoms with Gasteiger partial charge < -0.3 is 5.32 Å². The summed E-state index contributed by atoms with van der Waals surface area (Å²) in [6, 6.07) is 9.04. The molecule has 1 atom stereocenters. The van der Waals surface area contributed by atoms with Crippen molar-refractivity contribution in [1.29, 1.82) is 0 Å². The third-order valence-corrected chi connectivity index (χ3v) is 2.81. The Balaban J connectivity index is 0.00000112. The van der Waals surface area contributed by atoms with Gasteiger partial charge in [-0.2, -0.15) is 0 Å². The molecule has 1 aromatic rings. The second-order valence-corrected chi connectivity index (χ2v) is 4.22. The number of hydrogen-bond acceptors (Lipinski definition) is 1. The topological polar surface area (TPSA) is 12.0 Å². The van der Waals surface area contributed by atoms with Crippen molar-refractivity contribution in [2.75, 3.05) is 6.54 Å². The molecule has 0 aromatic heterocycles. The van der Waals surface area contributed by atoms with Crippen molar-refractivity contribution in [1.82, 2.24) is 5.32 Å². The molecule has 0 unspecified atom stereocenters. The Labute approximate surface area is 102 Å². The van der Waals surface area contributed by atoms with Crippen LogP contribution in [0.15, 0.2) is 35.9 Å². The van der Waals surface area contributed by atoms with Crippen LogP contribution in [-0.2, 0) is 6.42 Å². The number of rotatable bonds is 3. The maximum atomic E-state index is 5.73. The van der Waals surface area contributed by atoms with E-state index in [2.05, 4.69) is 36.2 Å². The van der Waals surface area contributed by atoms with E-state index in [1.54, 1.807) is 0 Å². The standard InChI is InChI=1S/C12H14ClN.ClH/c1-9(13)8-14-12-7-6-10-4-2-3-5-11(10)12;/h2-5,12,14H,1,6-8H2;1H/t12-;/m1./s1. The Hall–Kier alpha value is -0.500. The highest BCUT2D eigenvalue weighted by Crippen LogP contribution is 2.30. The van der Waals surface area contributed by atoms with E-state index in [1.807, 2.05) is 0 Å². The van der Waals surface area contributed by atoms with Crippen LogP contribution in [0.2, 0.25) is 0 Å². The van der Waals surface area contributed by atoms with E-state index in [0.717, 1.165) is 0 Å². The van der Waals surface area contributed by atoms with Crippen LogP contribution in [0.25, 0.3) is 0 Å². The molecule has 1 nitrogen and oxygen atoms in total. The SMILES string of the molecule is C=C(Cl)CN[C@@H]1CCc2ccccc21.Cl. The van der Waals surface area contributed by atoms with Crippen LogP contribution in [0.5, 0.6) is 0 Å². The Morgan fingerprint density at radius 3 is 2.93 bits per heavy atom. The average molecular weight is 244 g/mol. The van der Waals surface area contributed by atoms with E-state index < -0.39 is 0 Å². The van der Waals surface area contributed by atoms with E-state index in [-0.39, 0.29) is 12.4 Å². The quantitative estimate of drug-likeness (QED) is 0.858. The van der Waals surface area contributed by atoms with Crippen LogP contribution >= 0.6 is 24.0 Å². The second kappa shape index (κ2) is 5.55. The zero-order valence-electron chi connectivity index (χ0n) is 8.50. The first-order valence-corrected chi connectivity index (χ1v) is 5.29. The summed E-state index contributed by atoms with van der Waals surface area (Å²) in [7, 11) is 0. The van der Waals surface area contributed by atoms with Crippen molar-refractivity contribution in [3.63, 3.8) is 0 Å². The van der Waals surface area contributed by atoms with Gasteiger partial charge in [0.2, 0.25) is 0 Å². The largest absolute Gasteiger partial charge is 0.305 e. The Morgan fingerprint density at radius 2 is 2.20 bits per heavy atom. The van der Waals surface area contributed by atoms with Crippen LogP contribution in [0.1, 0.15) is 23.6 Å². The summed E-state index contributed by atoms with van der Waals surface area (Å²) in [5, 5.41) is 4.08. The van der Waals surface area contributed by atoms with E-state index >= 15 is 0 Å². The van der Waals surface area contributed by atoms with Gasteiger partial charge in [0.15, 0.2) is 0 Å². The lowest BCUT2D eigenvalue weighted by molar-refractivity contribution is 0.562. The predicted molar refractivity (Wildman–Crippen MR) is 67.7 cm³/mol. The molecule has 0 amide bonds. The summed E-state index contributed by atoms with van der Waals surface area (Å²) >= 11 is 5.73. The van der Waals surface area contributed by atoms with Crippen LogP contribution in [0, 0.1) is 0 Å². The maximum absolute atomic E-state index is 5.73. The fourth-order valence-corrected chi connectivity index (χ4v) is 2.08. The Morgan fingerprint density at radius 1 is 1.47 bits per heavy atom. The molecular formula is C12H15Cl2N. The molecule has 1 aliphatic carbocycles. The molecule has 1 N–H and O–H groups in total. The normalized spacial score (nSPS) is 18.1. The van der Waals surface area contributed by atoms with Gasteiger partial charge in [0, 0.05) is 17.6 Å². The third kappa shape index (κ3) is 2.97. The molecule has 0 heterocycles. The summed E-state index contributed by atoms with van der Waals surface area (Å²) in [6.45, 7) is 4.37. The fraction of sp³-hybridized carbons (Fsp3) is 0.333. The summed E-state index contributed by atoms with van der Waals surface area (Å²) in [5.41, 5.74) is 2.88. The van der Waals surface area contributed by atoms with Crippen molar-refractivity contribution in [3.8, 4) is 0 Å². The van der Waals surface area contributed by atoms with Crippen LogP contribution in [0.4, 0.5) is 0 Å². The van der Waals surface area contributed by atoms with Crippen LogP contribution < -0.4 is 5.32 Å². The lowest BCUT2D eigenvalue weighted by Gasteiger charge is -2.12. The van der Waals surface area contributed by atoms with E-state index in [4.69, 9.17) is 11.6 Å². The van der Waals surface area contributed by atoms with Gasteiger partial charge in [-0.05, 0) is 24.0 Å². The molecule has 0 fully saturated rings. The molecule has 0 spiro atoms. The average Bonchev–Trinajstić information content (AvgIpc) is 2.58. The second-order valence-electron chi connectivity index (χ2n) is 3.69. The Bertz CT molecular complexity index is 349. The van der Waals surface area contributed by atoms with Crippen LogP contribution in [0.3, 0.4) is 0 Å². The maximum Gasteiger partial charge on any atom is 0.0329 e. The van der Waals surface area contributed by atoms with Gasteiger partial charge in [-0.3, -0.25) is 0 Å². The summed E-state index contributed by atoms with van der Waals surface area (Å²) in [5.74, 6) is 0. The fourth-order valence-electron chi connectivity index (χ4n) is 2.00. The highest BCUT2D eigenvalue weighted by molar-refractivity contribution is 6.29. The van der Waals surface area contributed by atoms with E-state index in [1.165, 1.54) is 24.0 Å². The molecule has 3 heteroatoms. The lowest BCUT2D eigenvalue weighted by Crippen LogP contribution is -2.20. The lowest BCUT2D eigenvalue weighted by atomic mass is 10.1. The van der Waals surface area contributed by atoms with Crippen molar-refractivity contribution in [2.24, 2.45) is 0 Å². The minimum Gasteiger partial charge on any atom is -0.305 e. The predicted octanol–water partition coefficient (Wildman–Crippen LogP) is 3.44. The number of nitrogens with one attached hydrogen (secondary N) is 1. The van der Waals surface area contributed by atoms with E-state index in [0.29, 0.717) is 17.6 Å². The molecule has 82 valence electrons. The first-order chi connectivity index (χ1) is 6.77. The van der Waals surface area contributed by atoms with Gasteiger partial charge in [0.25, 0.3) is 0 Å². The summed E-state index contributed by atoms with van der Waals surface area (Å²) < 4.78 is 0. The summed E-state index contributed by atoms with van der Waals surface area (Å²) in [4.78, 5) is 0. The Kier molecular flexibility index (Phi) is 4.65. The van der Waals surface area contributed by atoms with Gasteiger partial charge in [0.1, 0.15) is 0 Å². The zero-order chi connectivity index (χ0) is 9.97. The van der Waals surface area contributed by atoms with Gasteiger partial charge in [-0.1, -0.05) is 42.4 Å². The third-order valence-electron chi connectivity index (χ3n) is 2.67. The monoisotopic (exact) mass is 243 g/mol. The van der Waals surface area contributed by atoms with Gasteiger partial charge >= 0.3 is 0 Å². The highest BCUT2D eigenvalue weighted by Gasteiger charge is 2.20. The van der Waals surface area contributed by atoms with E-state index in [9.17, 15) is 0 Å². The van der Waals surface area contributed by atoms with Crippen molar-refractivity contribution >= 4 is 24.0 Å². The molecule has 1 aliphatic rings. The molecule has 15 heavy (non-hydrogen) atoms. The van der Waals surface area contributed by atoms with Crippen molar-refractivity contribution < 1.29 is 0 Å². The number of aryl methyl sites for hydroxylation is 1. The minimum absolute atomic E-state index is 0. The molecule has 1 aromatic carbocycles. The molecule has 0 aliphatic heterocycles. The van der Waals surface area contributed by atoms with Crippen molar-refractivity contribution in [2.45, 2.75) is 18.9 Å². The molecule has 0 saturated heterocycles. The molecule has 0 bridgehead atoms. The van der Waals surface area contributed by atoms with Crippen molar-refractivity contribution in [3.05, 3.63) is 47.0 Å². The highest BCUT2D eigenvalue weighted by atomic mass is 35.5. The molecule has 0 saturated carbocycles. The van der Waals surface area contributed by atoms with Gasteiger partial charge in [-0.15, -0.1) is 12.4 Å². The van der Waals surface area contributed by atoms with Crippen LogP contribution in [-0.4, -0.2) is 6.54 Å².